The number of ether oxygens (including phenoxy) is 2. The molecule has 0 spiro atoms. The highest BCUT2D eigenvalue weighted by atomic mass is 32.2. The molecule has 1 aliphatic rings. The van der Waals surface area contributed by atoms with Gasteiger partial charge in [0.25, 0.3) is 0 Å². The van der Waals surface area contributed by atoms with E-state index in [-0.39, 0.29) is 23.7 Å². The van der Waals surface area contributed by atoms with E-state index in [1.54, 1.807) is 14.0 Å². The number of hydrogen-bond acceptors (Lipinski definition) is 6. The summed E-state index contributed by atoms with van der Waals surface area (Å²) in [5.41, 5.74) is 5.02. The molecule has 0 unspecified atom stereocenters. The molecule has 1 aliphatic heterocycles. The van der Waals surface area contributed by atoms with Crippen molar-refractivity contribution in [3.05, 3.63) is 39.6 Å². The van der Waals surface area contributed by atoms with E-state index in [1.807, 2.05) is 24.8 Å². The predicted molar refractivity (Wildman–Crippen MR) is 113 cm³/mol. The highest BCUT2D eigenvalue weighted by Gasteiger charge is 2.34. The summed E-state index contributed by atoms with van der Waals surface area (Å²) >= 11 is 1.87. The molecule has 0 saturated heterocycles. The fourth-order valence-electron chi connectivity index (χ4n) is 4.05. The standard InChI is InChI=1S/C22H28N2O4S/c1-12-10-15(13(2)18-20(12)29-9-8-22(18,4)5)19(26)17-14(3)23-24(6)21(17)28-11-16(25)27-7/h10H,8-9,11H2,1-7H3. The Morgan fingerprint density at radius 2 is 1.97 bits per heavy atom. The third-order valence-electron chi connectivity index (χ3n) is 5.57. The van der Waals surface area contributed by atoms with E-state index in [9.17, 15) is 9.59 Å². The zero-order valence-electron chi connectivity index (χ0n) is 18.1. The fourth-order valence-corrected chi connectivity index (χ4v) is 5.72. The minimum Gasteiger partial charge on any atom is -0.466 e. The van der Waals surface area contributed by atoms with Gasteiger partial charge in [-0.3, -0.25) is 4.79 Å². The van der Waals surface area contributed by atoms with Crippen molar-refractivity contribution in [3.63, 3.8) is 0 Å². The van der Waals surface area contributed by atoms with Gasteiger partial charge in [-0.05, 0) is 61.1 Å². The molecule has 0 radical (unpaired) electrons. The van der Waals surface area contributed by atoms with Crippen molar-refractivity contribution in [1.82, 2.24) is 9.78 Å². The zero-order valence-corrected chi connectivity index (χ0v) is 19.0. The van der Waals surface area contributed by atoms with Gasteiger partial charge < -0.3 is 9.47 Å². The van der Waals surface area contributed by atoms with Gasteiger partial charge in [-0.25, -0.2) is 9.48 Å². The third-order valence-corrected chi connectivity index (χ3v) is 6.79. The molecular weight excluding hydrogens is 388 g/mol. The molecule has 1 aromatic heterocycles. The number of ketones is 1. The highest BCUT2D eigenvalue weighted by molar-refractivity contribution is 7.99. The Bertz CT molecular complexity index is 991. The number of carbonyl (C=O) groups excluding carboxylic acids is 2. The molecule has 1 aromatic carbocycles. The quantitative estimate of drug-likeness (QED) is 0.544. The molecule has 0 amide bonds. The van der Waals surface area contributed by atoms with Crippen molar-refractivity contribution in [2.45, 2.75) is 51.3 Å². The Kier molecular flexibility index (Phi) is 5.81. The van der Waals surface area contributed by atoms with Crippen molar-refractivity contribution in [2.24, 2.45) is 7.05 Å². The third kappa shape index (κ3) is 3.80. The van der Waals surface area contributed by atoms with E-state index >= 15 is 0 Å². The van der Waals surface area contributed by atoms with Crippen LogP contribution in [0.25, 0.3) is 0 Å². The van der Waals surface area contributed by atoms with Gasteiger partial charge in [-0.15, -0.1) is 11.8 Å². The Balaban J connectivity index is 2.11. The number of hydrogen-bond donors (Lipinski definition) is 0. The minimum atomic E-state index is -0.512. The van der Waals surface area contributed by atoms with Crippen LogP contribution in [0.15, 0.2) is 11.0 Å². The second kappa shape index (κ2) is 7.86. The van der Waals surface area contributed by atoms with Crippen LogP contribution in [0.2, 0.25) is 0 Å². The molecule has 0 saturated carbocycles. The van der Waals surface area contributed by atoms with Gasteiger partial charge in [-0.1, -0.05) is 13.8 Å². The lowest BCUT2D eigenvalue weighted by atomic mass is 9.76. The zero-order chi connectivity index (χ0) is 21.5. The number of carbonyl (C=O) groups is 2. The number of benzene rings is 1. The molecule has 0 bridgehead atoms. The summed E-state index contributed by atoms with van der Waals surface area (Å²) in [6, 6.07) is 1.97. The summed E-state index contributed by atoms with van der Waals surface area (Å²) in [7, 11) is 2.99. The summed E-state index contributed by atoms with van der Waals surface area (Å²) in [6.45, 7) is 10.1. The smallest absolute Gasteiger partial charge is 0.343 e. The minimum absolute atomic E-state index is 0.0138. The number of methoxy groups -OCH3 is 1. The van der Waals surface area contributed by atoms with Crippen LogP contribution in [-0.4, -0.2) is 41.0 Å². The summed E-state index contributed by atoms with van der Waals surface area (Å²) in [5, 5.41) is 4.34. The van der Waals surface area contributed by atoms with E-state index in [0.717, 1.165) is 23.3 Å². The largest absolute Gasteiger partial charge is 0.466 e. The van der Waals surface area contributed by atoms with E-state index in [4.69, 9.17) is 4.74 Å². The van der Waals surface area contributed by atoms with Gasteiger partial charge in [0.05, 0.1) is 12.8 Å². The monoisotopic (exact) mass is 416 g/mol. The van der Waals surface area contributed by atoms with Crippen LogP contribution >= 0.6 is 11.8 Å². The van der Waals surface area contributed by atoms with Crippen LogP contribution in [0.4, 0.5) is 0 Å². The first kappa shape index (κ1) is 21.4. The summed E-state index contributed by atoms with van der Waals surface area (Å²) in [4.78, 5) is 26.4. The van der Waals surface area contributed by atoms with Crippen molar-refractivity contribution < 1.29 is 19.1 Å². The van der Waals surface area contributed by atoms with Crippen molar-refractivity contribution >= 4 is 23.5 Å². The summed E-state index contributed by atoms with van der Waals surface area (Å²) in [5.74, 6) is 0.717. The first-order chi connectivity index (χ1) is 13.6. The Labute approximate surface area is 176 Å². The molecular formula is C22H28N2O4S. The number of aryl methyl sites for hydroxylation is 3. The molecule has 29 heavy (non-hydrogen) atoms. The molecule has 3 rings (SSSR count). The van der Waals surface area contributed by atoms with Crippen LogP contribution in [0.5, 0.6) is 5.88 Å². The highest BCUT2D eigenvalue weighted by Crippen LogP contribution is 2.46. The van der Waals surface area contributed by atoms with Crippen molar-refractivity contribution in [1.29, 1.82) is 0 Å². The maximum atomic E-state index is 13.6. The molecule has 6 nitrogen and oxygen atoms in total. The Morgan fingerprint density at radius 1 is 1.28 bits per heavy atom. The topological polar surface area (TPSA) is 70.4 Å². The van der Waals surface area contributed by atoms with Crippen molar-refractivity contribution in [3.8, 4) is 5.88 Å². The van der Waals surface area contributed by atoms with E-state index in [0.29, 0.717) is 16.8 Å². The molecule has 2 aromatic rings. The predicted octanol–water partition coefficient (Wildman–Crippen LogP) is 3.90. The van der Waals surface area contributed by atoms with E-state index in [1.165, 1.54) is 22.3 Å². The average molecular weight is 417 g/mol. The second-order valence-electron chi connectivity index (χ2n) is 8.14. The maximum Gasteiger partial charge on any atom is 0.343 e. The number of aromatic nitrogens is 2. The number of esters is 1. The SMILES string of the molecule is COC(=O)COc1c(C(=O)c2cc(C)c3c(c2C)C(C)(C)CCS3)c(C)nn1C. The molecule has 7 heteroatoms. The lowest BCUT2D eigenvalue weighted by molar-refractivity contribution is -0.143. The van der Waals surface area contributed by atoms with Gasteiger partial charge in [0.1, 0.15) is 5.56 Å². The van der Waals surface area contributed by atoms with Gasteiger partial charge in [0.15, 0.2) is 6.61 Å². The first-order valence-corrected chi connectivity index (χ1v) is 10.6. The molecule has 2 heterocycles. The average Bonchev–Trinajstić information content (AvgIpc) is 2.94. The lowest BCUT2D eigenvalue weighted by Gasteiger charge is -2.35. The molecule has 0 N–H and O–H groups in total. The second-order valence-corrected chi connectivity index (χ2v) is 9.24. The molecule has 156 valence electrons. The fraction of sp³-hybridized carbons (Fsp3) is 0.500. The van der Waals surface area contributed by atoms with Crippen LogP contribution in [0, 0.1) is 20.8 Å². The Morgan fingerprint density at radius 3 is 2.62 bits per heavy atom. The van der Waals surface area contributed by atoms with Crippen LogP contribution in [0.1, 0.15) is 58.6 Å². The number of rotatable bonds is 5. The van der Waals surface area contributed by atoms with Gasteiger partial charge in [0, 0.05) is 17.5 Å². The summed E-state index contributed by atoms with van der Waals surface area (Å²) < 4.78 is 11.7. The number of fused-ring (bicyclic) bond motifs is 1. The Hall–Kier alpha value is -2.28. The first-order valence-electron chi connectivity index (χ1n) is 9.64. The molecule has 0 fully saturated rings. The maximum absolute atomic E-state index is 13.6. The van der Waals surface area contributed by atoms with E-state index in [2.05, 4.69) is 30.6 Å². The van der Waals surface area contributed by atoms with Gasteiger partial charge in [0.2, 0.25) is 11.7 Å². The van der Waals surface area contributed by atoms with Crippen molar-refractivity contribution in [2.75, 3.05) is 19.5 Å². The number of thioether (sulfide) groups is 1. The van der Waals surface area contributed by atoms with Gasteiger partial charge in [-0.2, -0.15) is 5.10 Å². The van der Waals surface area contributed by atoms with Gasteiger partial charge >= 0.3 is 5.97 Å². The van der Waals surface area contributed by atoms with E-state index < -0.39 is 5.97 Å². The van der Waals surface area contributed by atoms with Crippen LogP contribution in [-0.2, 0) is 22.0 Å². The molecule has 0 aliphatic carbocycles. The van der Waals surface area contributed by atoms with Crippen LogP contribution < -0.4 is 4.74 Å². The normalized spacial score (nSPS) is 15.0. The lowest BCUT2D eigenvalue weighted by Crippen LogP contribution is -2.26. The molecule has 0 atom stereocenters. The number of nitrogens with zero attached hydrogens (tertiary/aromatic N) is 2. The van der Waals surface area contributed by atoms with Crippen LogP contribution in [0.3, 0.4) is 0 Å². The summed E-state index contributed by atoms with van der Waals surface area (Å²) in [6.07, 6.45) is 1.07.